The van der Waals surface area contributed by atoms with Crippen LogP contribution >= 0.6 is 11.8 Å². The van der Waals surface area contributed by atoms with Crippen LogP contribution in [0.15, 0.2) is 59.9 Å². The van der Waals surface area contributed by atoms with Crippen LogP contribution in [0, 0.1) is 0 Å². The van der Waals surface area contributed by atoms with Crippen molar-refractivity contribution in [3.8, 4) is 28.6 Å². The average molecular weight is 392 g/mol. The van der Waals surface area contributed by atoms with Crippen molar-refractivity contribution in [1.29, 1.82) is 0 Å². The predicted octanol–water partition coefficient (Wildman–Crippen LogP) is 3.82. The Kier molecular flexibility index (Phi) is 4.25. The summed E-state index contributed by atoms with van der Waals surface area (Å²) in [5.74, 6) is 2.81. The van der Waals surface area contributed by atoms with Gasteiger partial charge in [-0.3, -0.25) is 4.98 Å². The van der Waals surface area contributed by atoms with Crippen molar-refractivity contribution in [2.75, 3.05) is 13.9 Å². The summed E-state index contributed by atoms with van der Waals surface area (Å²) in [7, 11) is 1.62. The number of rotatable bonds is 5. The van der Waals surface area contributed by atoms with Gasteiger partial charge in [0.15, 0.2) is 17.1 Å². The maximum atomic E-state index is 5.64. The minimum atomic E-state index is 0.236. The molecule has 0 fully saturated rings. The van der Waals surface area contributed by atoms with Crippen molar-refractivity contribution in [3.05, 3.63) is 60.4 Å². The number of imidazole rings is 1. The second-order valence-electron chi connectivity index (χ2n) is 6.13. The van der Waals surface area contributed by atoms with Gasteiger partial charge in [0.1, 0.15) is 10.7 Å². The van der Waals surface area contributed by atoms with Gasteiger partial charge in [-0.15, -0.1) is 0 Å². The summed E-state index contributed by atoms with van der Waals surface area (Å²) in [6, 6.07) is 13.6. The van der Waals surface area contributed by atoms with E-state index < -0.39 is 0 Å². The summed E-state index contributed by atoms with van der Waals surface area (Å²) >= 11 is 1.64. The predicted molar refractivity (Wildman–Crippen MR) is 105 cm³/mol. The lowest BCUT2D eigenvalue weighted by Crippen LogP contribution is -1.97. The molecule has 0 unspecified atom stereocenters. The number of thioether (sulfide) groups is 1. The first-order valence-electron chi connectivity index (χ1n) is 8.67. The molecular weight excluding hydrogens is 376 g/mol. The fraction of sp³-hybridized carbons (Fsp3) is 0.150. The molecular formula is C20H16N4O3S. The largest absolute Gasteiger partial charge is 0.479 e. The van der Waals surface area contributed by atoms with Crippen molar-refractivity contribution in [2.24, 2.45) is 0 Å². The Labute approximate surface area is 165 Å². The average Bonchev–Trinajstić information content (AvgIpc) is 3.36. The zero-order valence-corrected chi connectivity index (χ0v) is 15.8. The lowest BCUT2D eigenvalue weighted by Gasteiger charge is -2.05. The third-order valence-electron chi connectivity index (χ3n) is 4.36. The molecule has 0 aliphatic carbocycles. The van der Waals surface area contributed by atoms with Crippen LogP contribution in [0.1, 0.15) is 5.56 Å². The number of aromatic nitrogens is 4. The summed E-state index contributed by atoms with van der Waals surface area (Å²) in [6.07, 6.45) is 3.63. The van der Waals surface area contributed by atoms with Crippen LogP contribution in [0.25, 0.3) is 16.9 Å². The fourth-order valence-corrected chi connectivity index (χ4v) is 3.82. The van der Waals surface area contributed by atoms with E-state index in [-0.39, 0.29) is 6.79 Å². The van der Waals surface area contributed by atoms with E-state index in [0.29, 0.717) is 17.3 Å². The summed E-state index contributed by atoms with van der Waals surface area (Å²) in [5.41, 5.74) is 3.46. The molecule has 7 nitrogen and oxygen atoms in total. The first-order chi connectivity index (χ1) is 13.8. The van der Waals surface area contributed by atoms with Crippen molar-refractivity contribution in [1.82, 2.24) is 19.6 Å². The molecule has 0 radical (unpaired) electrons. The Morgan fingerprint density at radius 1 is 1.14 bits per heavy atom. The highest BCUT2D eigenvalue weighted by Gasteiger charge is 2.20. The number of hydrogen-bond donors (Lipinski definition) is 0. The first-order valence-corrected chi connectivity index (χ1v) is 9.66. The van der Waals surface area contributed by atoms with Gasteiger partial charge in [0.25, 0.3) is 0 Å². The normalized spacial score (nSPS) is 12.5. The van der Waals surface area contributed by atoms with E-state index in [1.54, 1.807) is 29.6 Å². The molecule has 3 aromatic heterocycles. The second kappa shape index (κ2) is 7.05. The quantitative estimate of drug-likeness (QED) is 0.478. The molecule has 0 saturated carbocycles. The van der Waals surface area contributed by atoms with Crippen molar-refractivity contribution in [2.45, 2.75) is 10.8 Å². The van der Waals surface area contributed by atoms with Gasteiger partial charge in [-0.1, -0.05) is 17.8 Å². The highest BCUT2D eigenvalue weighted by molar-refractivity contribution is 7.98. The van der Waals surface area contributed by atoms with Gasteiger partial charge >= 0.3 is 0 Å². The first kappa shape index (κ1) is 16.9. The molecule has 1 aromatic carbocycles. The van der Waals surface area contributed by atoms with Crippen molar-refractivity contribution >= 4 is 17.4 Å². The van der Waals surface area contributed by atoms with Gasteiger partial charge in [-0.2, -0.15) is 9.61 Å². The number of pyridine rings is 1. The number of nitrogens with zero attached hydrogens (tertiary/aromatic N) is 4. The smallest absolute Gasteiger partial charge is 0.243 e. The summed E-state index contributed by atoms with van der Waals surface area (Å²) in [4.78, 5) is 8.85. The van der Waals surface area contributed by atoms with E-state index in [4.69, 9.17) is 24.3 Å². The zero-order valence-electron chi connectivity index (χ0n) is 15.0. The summed E-state index contributed by atoms with van der Waals surface area (Å²) in [6.45, 7) is 0.236. The van der Waals surface area contributed by atoms with Crippen molar-refractivity contribution < 1.29 is 14.2 Å². The molecule has 0 amide bonds. The number of hydrogen-bond acceptors (Lipinski definition) is 7. The SMILES string of the molecule is COc1c(-c2ccc3c(c2)OCO3)nc2ccc(SCc3cccnc3)nn12. The minimum absolute atomic E-state index is 0.236. The molecule has 0 bridgehead atoms. The highest BCUT2D eigenvalue weighted by atomic mass is 32.2. The Balaban J connectivity index is 1.49. The van der Waals surface area contributed by atoms with Gasteiger partial charge in [0.05, 0.1) is 7.11 Å². The third-order valence-corrected chi connectivity index (χ3v) is 5.35. The number of benzene rings is 1. The Bertz CT molecular complexity index is 1150. The molecule has 4 aromatic rings. The third kappa shape index (κ3) is 3.01. The van der Waals surface area contributed by atoms with Crippen molar-refractivity contribution in [3.63, 3.8) is 0 Å². The lowest BCUT2D eigenvalue weighted by atomic mass is 10.1. The van der Waals surface area contributed by atoms with Gasteiger partial charge in [0, 0.05) is 23.7 Å². The molecule has 1 aliphatic rings. The maximum Gasteiger partial charge on any atom is 0.243 e. The Morgan fingerprint density at radius 2 is 2.07 bits per heavy atom. The molecule has 8 heteroatoms. The van der Waals surface area contributed by atoms with E-state index >= 15 is 0 Å². The number of methoxy groups -OCH3 is 1. The fourth-order valence-electron chi connectivity index (χ4n) is 3.03. The van der Waals surface area contributed by atoms with E-state index in [0.717, 1.165) is 33.3 Å². The van der Waals surface area contributed by atoms with Crippen LogP contribution in [0.2, 0.25) is 0 Å². The summed E-state index contributed by atoms with van der Waals surface area (Å²) in [5, 5.41) is 5.57. The monoisotopic (exact) mass is 392 g/mol. The molecule has 5 rings (SSSR count). The van der Waals surface area contributed by atoms with Crippen LogP contribution in [0.4, 0.5) is 0 Å². The van der Waals surface area contributed by atoms with Gasteiger partial charge in [-0.05, 0) is 42.0 Å². The standard InChI is InChI=1S/C20H16N4O3S/c1-25-20-19(14-4-5-15-16(9-14)27-12-26-15)22-17-6-7-18(23-24(17)20)28-11-13-3-2-8-21-10-13/h2-10H,11-12H2,1H3. The molecule has 1 aliphatic heterocycles. The van der Waals surface area contributed by atoms with Gasteiger partial charge < -0.3 is 14.2 Å². The van der Waals surface area contributed by atoms with Gasteiger partial charge in [0.2, 0.25) is 12.7 Å². The maximum absolute atomic E-state index is 5.64. The van der Waals surface area contributed by atoms with Crippen LogP contribution < -0.4 is 14.2 Å². The summed E-state index contributed by atoms with van der Waals surface area (Å²) < 4.78 is 18.2. The molecule has 0 atom stereocenters. The number of ether oxygens (including phenoxy) is 3. The Morgan fingerprint density at radius 3 is 2.93 bits per heavy atom. The minimum Gasteiger partial charge on any atom is -0.479 e. The molecule has 4 heterocycles. The van der Waals surface area contributed by atoms with Crippen LogP contribution in [0.5, 0.6) is 17.4 Å². The lowest BCUT2D eigenvalue weighted by molar-refractivity contribution is 0.174. The van der Waals surface area contributed by atoms with Gasteiger partial charge in [-0.25, -0.2) is 4.98 Å². The second-order valence-corrected chi connectivity index (χ2v) is 7.12. The van der Waals surface area contributed by atoms with Crippen LogP contribution in [-0.2, 0) is 5.75 Å². The highest BCUT2D eigenvalue weighted by Crippen LogP contribution is 2.38. The topological polar surface area (TPSA) is 70.8 Å². The number of fused-ring (bicyclic) bond motifs is 2. The van der Waals surface area contributed by atoms with E-state index in [1.165, 1.54) is 0 Å². The molecule has 0 spiro atoms. The zero-order chi connectivity index (χ0) is 18.9. The molecule has 0 saturated heterocycles. The van der Waals surface area contributed by atoms with E-state index in [9.17, 15) is 0 Å². The Hall–Kier alpha value is -3.26. The molecule has 140 valence electrons. The van der Waals surface area contributed by atoms with Crippen LogP contribution in [0.3, 0.4) is 0 Å². The molecule has 0 N–H and O–H groups in total. The molecule has 28 heavy (non-hydrogen) atoms. The van der Waals surface area contributed by atoms with E-state index in [2.05, 4.69) is 4.98 Å². The van der Waals surface area contributed by atoms with E-state index in [1.807, 2.05) is 48.7 Å². The van der Waals surface area contributed by atoms with Crippen LogP contribution in [-0.4, -0.2) is 33.5 Å².